The summed E-state index contributed by atoms with van der Waals surface area (Å²) >= 11 is 6.00. The second-order valence-electron chi connectivity index (χ2n) is 7.51. The molecule has 30 heavy (non-hydrogen) atoms. The molecule has 0 aliphatic carbocycles. The number of benzene rings is 2. The molecular formula is C23H23ClFN3O2. The average molecular weight is 428 g/mol. The lowest BCUT2D eigenvalue weighted by Crippen LogP contribution is -2.50. The minimum Gasteiger partial charge on any atom is -0.361 e. The van der Waals surface area contributed by atoms with Crippen molar-refractivity contribution in [1.82, 2.24) is 14.8 Å². The molecule has 1 aliphatic rings. The number of rotatable bonds is 5. The number of fused-ring (bicyclic) bond motifs is 1. The Morgan fingerprint density at radius 2 is 1.77 bits per heavy atom. The van der Waals surface area contributed by atoms with Crippen molar-refractivity contribution in [1.29, 1.82) is 0 Å². The summed E-state index contributed by atoms with van der Waals surface area (Å²) in [7, 11) is 0. The number of hydrogen-bond acceptors (Lipinski definition) is 2. The van der Waals surface area contributed by atoms with E-state index in [4.69, 9.17) is 11.6 Å². The summed E-state index contributed by atoms with van der Waals surface area (Å²) in [5.74, 6) is -0.590. The van der Waals surface area contributed by atoms with Crippen LogP contribution in [0.1, 0.15) is 28.8 Å². The fraction of sp³-hybridized carbons (Fsp3) is 0.304. The highest BCUT2D eigenvalue weighted by Crippen LogP contribution is 2.21. The second-order valence-corrected chi connectivity index (χ2v) is 7.92. The largest absolute Gasteiger partial charge is 0.361 e. The number of halogens is 2. The summed E-state index contributed by atoms with van der Waals surface area (Å²) in [6.07, 6.45) is 4.12. The van der Waals surface area contributed by atoms with E-state index in [0.29, 0.717) is 32.6 Å². The van der Waals surface area contributed by atoms with Crippen molar-refractivity contribution in [3.8, 4) is 0 Å². The highest BCUT2D eigenvalue weighted by molar-refractivity contribution is 6.33. The summed E-state index contributed by atoms with van der Waals surface area (Å²) in [5, 5.41) is 1.31. The van der Waals surface area contributed by atoms with Crippen molar-refractivity contribution in [2.45, 2.75) is 19.3 Å². The van der Waals surface area contributed by atoms with E-state index in [9.17, 15) is 14.0 Å². The maximum Gasteiger partial charge on any atom is 0.255 e. The first-order chi connectivity index (χ1) is 14.5. The molecule has 5 nitrogen and oxygen atoms in total. The Hall–Kier alpha value is -2.86. The van der Waals surface area contributed by atoms with Gasteiger partial charge in [0.05, 0.1) is 10.6 Å². The molecule has 0 radical (unpaired) electrons. The molecule has 7 heteroatoms. The summed E-state index contributed by atoms with van der Waals surface area (Å²) in [4.78, 5) is 31.9. The van der Waals surface area contributed by atoms with Gasteiger partial charge in [-0.05, 0) is 42.7 Å². The number of amides is 2. The van der Waals surface area contributed by atoms with Crippen LogP contribution in [0.3, 0.4) is 0 Å². The molecule has 0 saturated carbocycles. The molecule has 0 bridgehead atoms. The zero-order chi connectivity index (χ0) is 21.1. The Kier molecular flexibility index (Phi) is 6.04. The summed E-state index contributed by atoms with van der Waals surface area (Å²) < 4.78 is 13.2. The average Bonchev–Trinajstić information content (AvgIpc) is 3.16. The lowest BCUT2D eigenvalue weighted by molar-refractivity contribution is -0.132. The fourth-order valence-corrected chi connectivity index (χ4v) is 4.17. The Balaban J connectivity index is 1.26. The number of piperazine rings is 1. The number of aromatic nitrogens is 1. The third kappa shape index (κ3) is 4.33. The Morgan fingerprint density at radius 1 is 1.03 bits per heavy atom. The molecule has 3 aromatic rings. The van der Waals surface area contributed by atoms with Gasteiger partial charge in [-0.15, -0.1) is 0 Å². The van der Waals surface area contributed by atoms with E-state index in [-0.39, 0.29) is 22.4 Å². The number of carbonyl (C=O) groups is 2. The van der Waals surface area contributed by atoms with Crippen LogP contribution in [-0.4, -0.2) is 52.8 Å². The number of nitrogens with one attached hydrogen (secondary N) is 1. The van der Waals surface area contributed by atoms with Crippen molar-refractivity contribution in [2.75, 3.05) is 26.2 Å². The van der Waals surface area contributed by atoms with Crippen LogP contribution < -0.4 is 0 Å². The summed E-state index contributed by atoms with van der Waals surface area (Å²) in [6.45, 7) is 1.88. The van der Waals surface area contributed by atoms with E-state index < -0.39 is 5.82 Å². The molecule has 1 saturated heterocycles. The number of carbonyl (C=O) groups excluding carboxylic acids is 2. The molecular weight excluding hydrogens is 405 g/mol. The van der Waals surface area contributed by atoms with E-state index in [1.165, 1.54) is 23.1 Å². The third-order valence-electron chi connectivity index (χ3n) is 5.59. The number of hydrogen-bond donors (Lipinski definition) is 1. The van der Waals surface area contributed by atoms with Gasteiger partial charge >= 0.3 is 0 Å². The van der Waals surface area contributed by atoms with E-state index in [1.807, 2.05) is 29.3 Å². The first-order valence-electron chi connectivity index (χ1n) is 10.1. The zero-order valence-electron chi connectivity index (χ0n) is 16.5. The molecule has 2 amide bonds. The highest BCUT2D eigenvalue weighted by Gasteiger charge is 2.25. The number of nitrogens with zero attached hydrogens (tertiary/aromatic N) is 2. The second kappa shape index (κ2) is 8.88. The number of H-pyrrole nitrogens is 1. The van der Waals surface area contributed by atoms with Gasteiger partial charge in [0.2, 0.25) is 5.91 Å². The number of aryl methyl sites for hydroxylation is 1. The van der Waals surface area contributed by atoms with E-state index in [0.717, 1.165) is 24.4 Å². The summed E-state index contributed by atoms with van der Waals surface area (Å²) in [6, 6.07) is 11.9. The predicted molar refractivity (Wildman–Crippen MR) is 115 cm³/mol. The van der Waals surface area contributed by atoms with Gasteiger partial charge in [0, 0.05) is 49.7 Å². The van der Waals surface area contributed by atoms with Crippen molar-refractivity contribution in [3.05, 3.63) is 70.6 Å². The van der Waals surface area contributed by atoms with Crippen LogP contribution in [-0.2, 0) is 11.2 Å². The van der Waals surface area contributed by atoms with E-state index in [1.54, 1.807) is 4.90 Å². The standard InChI is InChI=1S/C23H23ClFN3O2/c24-20-14-17(25)8-9-19(20)23(30)28-12-10-27(11-13-28)22(29)7-3-4-16-15-26-21-6-2-1-5-18(16)21/h1-2,5-6,8-9,14-15,26H,3-4,7,10-13H2. The van der Waals surface area contributed by atoms with Gasteiger partial charge in [-0.25, -0.2) is 4.39 Å². The van der Waals surface area contributed by atoms with Gasteiger partial charge in [0.15, 0.2) is 0 Å². The minimum absolute atomic E-state index is 0.107. The third-order valence-corrected chi connectivity index (χ3v) is 5.91. The van der Waals surface area contributed by atoms with Crippen LogP contribution in [0.4, 0.5) is 4.39 Å². The topological polar surface area (TPSA) is 56.4 Å². The maximum absolute atomic E-state index is 13.2. The molecule has 1 aliphatic heterocycles. The fourth-order valence-electron chi connectivity index (χ4n) is 3.92. The summed E-state index contributed by atoms with van der Waals surface area (Å²) in [5.41, 5.74) is 2.63. The Bertz CT molecular complexity index is 1070. The van der Waals surface area contributed by atoms with Gasteiger partial charge < -0.3 is 14.8 Å². The molecule has 156 valence electrons. The zero-order valence-corrected chi connectivity index (χ0v) is 17.3. The van der Waals surface area contributed by atoms with E-state index in [2.05, 4.69) is 11.1 Å². The van der Waals surface area contributed by atoms with Crippen molar-refractivity contribution < 1.29 is 14.0 Å². The predicted octanol–water partition coefficient (Wildman–Crippen LogP) is 4.27. The Morgan fingerprint density at radius 3 is 2.53 bits per heavy atom. The first-order valence-corrected chi connectivity index (χ1v) is 10.5. The van der Waals surface area contributed by atoms with Crippen molar-refractivity contribution >= 4 is 34.3 Å². The molecule has 1 N–H and O–H groups in total. The van der Waals surface area contributed by atoms with Crippen LogP contribution in [0.5, 0.6) is 0 Å². The molecule has 1 aromatic heterocycles. The number of para-hydroxylation sites is 1. The molecule has 2 aromatic carbocycles. The van der Waals surface area contributed by atoms with Crippen molar-refractivity contribution in [2.24, 2.45) is 0 Å². The van der Waals surface area contributed by atoms with Crippen LogP contribution >= 0.6 is 11.6 Å². The van der Waals surface area contributed by atoms with Gasteiger partial charge in [-0.2, -0.15) is 0 Å². The van der Waals surface area contributed by atoms with Crippen LogP contribution in [0.2, 0.25) is 5.02 Å². The van der Waals surface area contributed by atoms with Gasteiger partial charge in [-0.3, -0.25) is 9.59 Å². The molecule has 2 heterocycles. The molecule has 0 spiro atoms. The van der Waals surface area contributed by atoms with Crippen LogP contribution in [0, 0.1) is 5.82 Å². The molecule has 0 unspecified atom stereocenters. The first kappa shape index (κ1) is 20.4. The van der Waals surface area contributed by atoms with Gasteiger partial charge in [0.1, 0.15) is 5.82 Å². The molecule has 0 atom stereocenters. The van der Waals surface area contributed by atoms with Crippen LogP contribution in [0.15, 0.2) is 48.7 Å². The monoisotopic (exact) mass is 427 g/mol. The quantitative estimate of drug-likeness (QED) is 0.661. The minimum atomic E-state index is -0.473. The van der Waals surface area contributed by atoms with Gasteiger partial charge in [0.25, 0.3) is 5.91 Å². The molecule has 4 rings (SSSR count). The maximum atomic E-state index is 13.2. The van der Waals surface area contributed by atoms with Crippen molar-refractivity contribution in [3.63, 3.8) is 0 Å². The molecule has 1 fully saturated rings. The normalized spacial score (nSPS) is 14.3. The lowest BCUT2D eigenvalue weighted by atomic mass is 10.1. The highest BCUT2D eigenvalue weighted by atomic mass is 35.5. The van der Waals surface area contributed by atoms with E-state index >= 15 is 0 Å². The smallest absolute Gasteiger partial charge is 0.255 e. The SMILES string of the molecule is O=C(CCCc1c[nH]c2ccccc12)N1CCN(C(=O)c2ccc(F)cc2Cl)CC1. The van der Waals surface area contributed by atoms with Crippen LogP contribution in [0.25, 0.3) is 10.9 Å². The Labute approximate surface area is 179 Å². The number of aromatic amines is 1. The lowest BCUT2D eigenvalue weighted by Gasteiger charge is -2.35. The van der Waals surface area contributed by atoms with Gasteiger partial charge in [-0.1, -0.05) is 29.8 Å².